The van der Waals surface area contributed by atoms with Crippen molar-refractivity contribution < 1.29 is 18.9 Å². The Bertz CT molecular complexity index is 621. The lowest BCUT2D eigenvalue weighted by Gasteiger charge is -2.06. The van der Waals surface area contributed by atoms with Crippen LogP contribution < -0.4 is 18.9 Å². The highest BCUT2D eigenvalue weighted by atomic mass is 16.7. The molecule has 0 unspecified atom stereocenters. The van der Waals surface area contributed by atoms with Crippen LogP contribution in [-0.2, 0) is 0 Å². The van der Waals surface area contributed by atoms with Crippen molar-refractivity contribution in [2.24, 2.45) is 0 Å². The molecule has 2 aromatic carbocycles. The maximum atomic E-state index is 5.48. The van der Waals surface area contributed by atoms with Crippen LogP contribution in [0, 0.1) is 6.07 Å². The highest BCUT2D eigenvalue weighted by Crippen LogP contribution is 2.43. The van der Waals surface area contributed by atoms with Gasteiger partial charge in [-0.2, -0.15) is 0 Å². The standard InChI is InChI=1S/C14H9O4/c1-2-10(14-12(3-1)16-8-18-14)9-4-5-11-13(6-9)17-7-15-11/h1,3-6H,7-8H2. The molecule has 0 spiro atoms. The predicted octanol–water partition coefficient (Wildman–Crippen LogP) is 2.61. The minimum absolute atomic E-state index is 0.255. The van der Waals surface area contributed by atoms with E-state index in [1.54, 1.807) is 0 Å². The smallest absolute Gasteiger partial charge is 0.231 e. The highest BCUT2D eigenvalue weighted by molar-refractivity contribution is 5.75. The van der Waals surface area contributed by atoms with Gasteiger partial charge in [0, 0.05) is 5.56 Å². The van der Waals surface area contributed by atoms with E-state index in [2.05, 4.69) is 6.07 Å². The van der Waals surface area contributed by atoms with Gasteiger partial charge in [-0.25, -0.2) is 0 Å². The van der Waals surface area contributed by atoms with Gasteiger partial charge in [-0.3, -0.25) is 0 Å². The molecule has 2 aromatic rings. The molecule has 4 nitrogen and oxygen atoms in total. The van der Waals surface area contributed by atoms with Crippen molar-refractivity contribution in [1.82, 2.24) is 0 Å². The summed E-state index contributed by atoms with van der Waals surface area (Å²) in [6.45, 7) is 0.528. The molecule has 89 valence electrons. The Kier molecular flexibility index (Phi) is 1.91. The predicted molar refractivity (Wildman–Crippen MR) is 63.0 cm³/mol. The third kappa shape index (κ3) is 1.32. The molecule has 0 atom stereocenters. The molecule has 0 N–H and O–H groups in total. The second kappa shape index (κ2) is 3.57. The van der Waals surface area contributed by atoms with Crippen LogP contribution in [0.2, 0.25) is 0 Å². The Morgan fingerprint density at radius 2 is 1.67 bits per heavy atom. The van der Waals surface area contributed by atoms with Crippen LogP contribution >= 0.6 is 0 Å². The van der Waals surface area contributed by atoms with E-state index in [4.69, 9.17) is 18.9 Å². The normalized spacial score (nSPS) is 14.9. The zero-order chi connectivity index (χ0) is 11.9. The molecule has 0 bridgehead atoms. The first-order valence-electron chi connectivity index (χ1n) is 5.62. The monoisotopic (exact) mass is 241 g/mol. The highest BCUT2D eigenvalue weighted by Gasteiger charge is 2.20. The van der Waals surface area contributed by atoms with Crippen LogP contribution in [-0.4, -0.2) is 13.6 Å². The molecule has 0 fully saturated rings. The summed E-state index contributed by atoms with van der Waals surface area (Å²) >= 11 is 0. The van der Waals surface area contributed by atoms with E-state index >= 15 is 0 Å². The second-order valence-electron chi connectivity index (χ2n) is 4.02. The van der Waals surface area contributed by atoms with Gasteiger partial charge in [0.1, 0.15) is 0 Å². The van der Waals surface area contributed by atoms with Crippen molar-refractivity contribution in [2.75, 3.05) is 13.6 Å². The van der Waals surface area contributed by atoms with Crippen molar-refractivity contribution in [3.8, 4) is 34.1 Å². The fourth-order valence-electron chi connectivity index (χ4n) is 2.14. The number of hydrogen-bond acceptors (Lipinski definition) is 4. The van der Waals surface area contributed by atoms with Gasteiger partial charge < -0.3 is 18.9 Å². The quantitative estimate of drug-likeness (QED) is 0.769. The fourth-order valence-corrected chi connectivity index (χ4v) is 2.14. The number of rotatable bonds is 1. The summed E-state index contributed by atoms with van der Waals surface area (Å²) < 4.78 is 21.5. The largest absolute Gasteiger partial charge is 0.454 e. The topological polar surface area (TPSA) is 36.9 Å². The van der Waals surface area contributed by atoms with Crippen LogP contribution in [0.15, 0.2) is 30.3 Å². The first-order chi connectivity index (χ1) is 8.92. The zero-order valence-electron chi connectivity index (χ0n) is 9.43. The number of fused-ring (bicyclic) bond motifs is 2. The maximum absolute atomic E-state index is 5.48. The first-order valence-corrected chi connectivity index (χ1v) is 5.62. The van der Waals surface area contributed by atoms with Gasteiger partial charge in [0.15, 0.2) is 23.0 Å². The summed E-state index contributed by atoms with van der Waals surface area (Å²) in [5.41, 5.74) is 1.85. The van der Waals surface area contributed by atoms with E-state index in [9.17, 15) is 0 Å². The maximum Gasteiger partial charge on any atom is 0.231 e. The van der Waals surface area contributed by atoms with Gasteiger partial charge in [-0.15, -0.1) is 0 Å². The van der Waals surface area contributed by atoms with Crippen LogP contribution in [0.25, 0.3) is 11.1 Å². The lowest BCUT2D eigenvalue weighted by Crippen LogP contribution is -1.93. The Morgan fingerprint density at radius 3 is 2.67 bits per heavy atom. The third-order valence-electron chi connectivity index (χ3n) is 2.99. The molecule has 4 rings (SSSR count). The van der Waals surface area contributed by atoms with E-state index in [0.29, 0.717) is 0 Å². The molecule has 2 aliphatic heterocycles. The van der Waals surface area contributed by atoms with Gasteiger partial charge in [0.2, 0.25) is 13.6 Å². The molecule has 0 aromatic heterocycles. The third-order valence-corrected chi connectivity index (χ3v) is 2.99. The second-order valence-corrected chi connectivity index (χ2v) is 4.02. The minimum Gasteiger partial charge on any atom is -0.454 e. The molecule has 4 heteroatoms. The van der Waals surface area contributed by atoms with Gasteiger partial charge >= 0.3 is 0 Å². The molecule has 0 saturated carbocycles. The van der Waals surface area contributed by atoms with Gasteiger partial charge in [-0.05, 0) is 35.9 Å². The Balaban J connectivity index is 1.86. The average molecular weight is 241 g/mol. The molecular weight excluding hydrogens is 232 g/mol. The van der Waals surface area contributed by atoms with Crippen LogP contribution in [0.4, 0.5) is 0 Å². The average Bonchev–Trinajstić information content (AvgIpc) is 3.05. The molecule has 2 aliphatic rings. The molecule has 1 radical (unpaired) electrons. The molecule has 0 amide bonds. The number of ether oxygens (including phenoxy) is 4. The van der Waals surface area contributed by atoms with Crippen molar-refractivity contribution in [3.05, 3.63) is 36.4 Å². The summed E-state index contributed by atoms with van der Waals surface area (Å²) in [6, 6.07) is 12.6. The summed E-state index contributed by atoms with van der Waals surface area (Å²) in [5, 5.41) is 0. The molecule has 0 aliphatic carbocycles. The van der Waals surface area contributed by atoms with Crippen molar-refractivity contribution in [2.45, 2.75) is 0 Å². The van der Waals surface area contributed by atoms with E-state index in [1.807, 2.05) is 30.3 Å². The Labute approximate surface area is 104 Å². The van der Waals surface area contributed by atoms with E-state index in [0.717, 1.165) is 34.1 Å². The van der Waals surface area contributed by atoms with Crippen molar-refractivity contribution in [3.63, 3.8) is 0 Å². The number of benzene rings is 2. The van der Waals surface area contributed by atoms with Crippen LogP contribution in [0.5, 0.6) is 23.0 Å². The van der Waals surface area contributed by atoms with Crippen molar-refractivity contribution in [1.29, 1.82) is 0 Å². The minimum atomic E-state index is 0.255. The molecular formula is C14H9O4. The van der Waals surface area contributed by atoms with E-state index < -0.39 is 0 Å². The molecule has 0 saturated heterocycles. The SMILES string of the molecule is [c]1ccc2c(c1-c1ccc3c(c1)OCO3)OCO2. The van der Waals surface area contributed by atoms with Crippen LogP contribution in [0.1, 0.15) is 0 Å². The summed E-state index contributed by atoms with van der Waals surface area (Å²) in [6.07, 6.45) is 0. The van der Waals surface area contributed by atoms with Gasteiger partial charge in [-0.1, -0.05) is 6.07 Å². The Morgan fingerprint density at radius 1 is 0.833 bits per heavy atom. The Hall–Kier alpha value is -2.36. The summed E-state index contributed by atoms with van der Waals surface area (Å²) in [7, 11) is 0. The van der Waals surface area contributed by atoms with Gasteiger partial charge in [0.25, 0.3) is 0 Å². The summed E-state index contributed by atoms with van der Waals surface area (Å²) in [4.78, 5) is 0. The lowest BCUT2D eigenvalue weighted by molar-refractivity contribution is 0.174. The zero-order valence-corrected chi connectivity index (χ0v) is 9.43. The fraction of sp³-hybridized carbons (Fsp3) is 0.143. The summed E-state index contributed by atoms with van der Waals surface area (Å²) in [5.74, 6) is 3.00. The first kappa shape index (κ1) is 9.65. The van der Waals surface area contributed by atoms with E-state index in [1.165, 1.54) is 0 Å². The van der Waals surface area contributed by atoms with Crippen molar-refractivity contribution >= 4 is 0 Å². The van der Waals surface area contributed by atoms with Gasteiger partial charge in [0.05, 0.1) is 0 Å². The lowest BCUT2D eigenvalue weighted by atomic mass is 10.0. The molecule has 2 heterocycles. The molecule has 18 heavy (non-hydrogen) atoms. The van der Waals surface area contributed by atoms with E-state index in [-0.39, 0.29) is 13.6 Å². The number of hydrogen-bond donors (Lipinski definition) is 0. The van der Waals surface area contributed by atoms with Crippen LogP contribution in [0.3, 0.4) is 0 Å².